The van der Waals surface area contributed by atoms with Crippen molar-refractivity contribution >= 4 is 0 Å². The molecule has 0 aliphatic heterocycles. The van der Waals surface area contributed by atoms with Crippen molar-refractivity contribution in [3.05, 3.63) is 29.3 Å². The van der Waals surface area contributed by atoms with Crippen LogP contribution < -0.4 is 10.5 Å². The molecule has 96 valence electrons. The molecule has 0 atom stereocenters. The van der Waals surface area contributed by atoms with Crippen molar-refractivity contribution in [2.75, 3.05) is 33.5 Å². The van der Waals surface area contributed by atoms with Crippen LogP contribution in [0.15, 0.2) is 18.2 Å². The molecule has 4 heteroatoms. The lowest BCUT2D eigenvalue weighted by atomic mass is 10.1. The fourth-order valence-electron chi connectivity index (χ4n) is 1.51. The molecule has 0 saturated heterocycles. The van der Waals surface area contributed by atoms with E-state index in [1.807, 2.05) is 19.1 Å². The van der Waals surface area contributed by atoms with Crippen molar-refractivity contribution in [1.29, 1.82) is 0 Å². The normalized spacial score (nSPS) is 10.5. The number of hydrogen-bond acceptors (Lipinski definition) is 4. The van der Waals surface area contributed by atoms with E-state index in [0.29, 0.717) is 33.0 Å². The maximum absolute atomic E-state index is 5.52. The lowest BCUT2D eigenvalue weighted by Gasteiger charge is -2.10. The number of nitrogens with two attached hydrogens (primary N) is 1. The summed E-state index contributed by atoms with van der Waals surface area (Å²) < 4.78 is 16.0. The Bertz CT molecular complexity index is 328. The molecule has 0 spiro atoms. The van der Waals surface area contributed by atoms with Gasteiger partial charge in [-0.3, -0.25) is 0 Å². The highest BCUT2D eigenvalue weighted by Gasteiger charge is 2.02. The minimum atomic E-state index is 0.539. The van der Waals surface area contributed by atoms with E-state index in [9.17, 15) is 0 Å². The van der Waals surface area contributed by atoms with E-state index in [-0.39, 0.29) is 0 Å². The largest absolute Gasteiger partial charge is 0.496 e. The van der Waals surface area contributed by atoms with Crippen LogP contribution in [0.25, 0.3) is 0 Å². The Kier molecular flexibility index (Phi) is 6.62. The Morgan fingerprint density at radius 2 is 1.88 bits per heavy atom. The van der Waals surface area contributed by atoms with E-state index in [1.54, 1.807) is 7.11 Å². The van der Waals surface area contributed by atoms with Crippen molar-refractivity contribution in [3.63, 3.8) is 0 Å². The Morgan fingerprint density at radius 3 is 2.59 bits per heavy atom. The summed E-state index contributed by atoms with van der Waals surface area (Å²) in [4.78, 5) is 0. The number of rotatable bonds is 8. The first-order valence-electron chi connectivity index (χ1n) is 5.77. The summed E-state index contributed by atoms with van der Waals surface area (Å²) in [5.74, 6) is 0.860. The molecule has 1 aromatic carbocycles. The van der Waals surface area contributed by atoms with Crippen LogP contribution in [-0.2, 0) is 16.1 Å². The molecule has 2 N–H and O–H groups in total. The molecule has 0 fully saturated rings. The maximum Gasteiger partial charge on any atom is 0.124 e. The Balaban J connectivity index is 2.32. The van der Waals surface area contributed by atoms with Crippen LogP contribution in [-0.4, -0.2) is 33.5 Å². The summed E-state index contributed by atoms with van der Waals surface area (Å²) in [6.07, 6.45) is 0. The molecule has 0 amide bonds. The topological polar surface area (TPSA) is 53.7 Å². The Morgan fingerprint density at radius 1 is 1.12 bits per heavy atom. The second kappa shape index (κ2) is 8.06. The van der Waals surface area contributed by atoms with E-state index in [2.05, 4.69) is 6.07 Å². The van der Waals surface area contributed by atoms with Gasteiger partial charge < -0.3 is 19.9 Å². The first-order chi connectivity index (χ1) is 8.27. The highest BCUT2D eigenvalue weighted by Crippen LogP contribution is 2.20. The van der Waals surface area contributed by atoms with Gasteiger partial charge in [-0.05, 0) is 13.0 Å². The van der Waals surface area contributed by atoms with Crippen molar-refractivity contribution in [2.24, 2.45) is 5.73 Å². The molecule has 0 aromatic heterocycles. The molecule has 17 heavy (non-hydrogen) atoms. The highest BCUT2D eigenvalue weighted by atomic mass is 16.5. The second-order valence-electron chi connectivity index (χ2n) is 3.77. The zero-order valence-electron chi connectivity index (χ0n) is 10.6. The molecule has 0 unspecified atom stereocenters. The molecule has 0 aliphatic rings. The maximum atomic E-state index is 5.52. The highest BCUT2D eigenvalue weighted by molar-refractivity contribution is 5.36. The summed E-state index contributed by atoms with van der Waals surface area (Å²) >= 11 is 0. The minimum absolute atomic E-state index is 0.539. The zero-order chi connectivity index (χ0) is 12.5. The summed E-state index contributed by atoms with van der Waals surface area (Å²) in [5.41, 5.74) is 7.57. The van der Waals surface area contributed by atoms with Crippen LogP contribution in [0, 0.1) is 6.92 Å². The van der Waals surface area contributed by atoms with Crippen molar-refractivity contribution < 1.29 is 14.2 Å². The van der Waals surface area contributed by atoms with Crippen LogP contribution in [0.2, 0.25) is 0 Å². The molecule has 0 saturated carbocycles. The first kappa shape index (κ1) is 14.0. The van der Waals surface area contributed by atoms with Gasteiger partial charge in [0.15, 0.2) is 0 Å². The third-order valence-electron chi connectivity index (χ3n) is 2.33. The summed E-state index contributed by atoms with van der Waals surface area (Å²) in [7, 11) is 1.67. The van der Waals surface area contributed by atoms with Crippen LogP contribution in [0.5, 0.6) is 5.75 Å². The minimum Gasteiger partial charge on any atom is -0.496 e. The first-order valence-corrected chi connectivity index (χ1v) is 5.77. The molecule has 0 aliphatic carbocycles. The number of ether oxygens (including phenoxy) is 3. The lowest BCUT2D eigenvalue weighted by molar-refractivity contribution is 0.0427. The van der Waals surface area contributed by atoms with E-state index in [1.165, 1.54) is 5.56 Å². The summed E-state index contributed by atoms with van der Waals surface area (Å²) in [6, 6.07) is 6.05. The van der Waals surface area contributed by atoms with Gasteiger partial charge in [-0.15, -0.1) is 0 Å². The standard InChI is InChI=1S/C13H21NO3/c1-11-3-4-13(15-2)12(9-11)10-17-8-7-16-6-5-14/h3-4,9H,5-8,10,14H2,1-2H3. The monoisotopic (exact) mass is 239 g/mol. The SMILES string of the molecule is COc1ccc(C)cc1COCCOCCN. The van der Waals surface area contributed by atoms with Gasteiger partial charge in [0, 0.05) is 12.1 Å². The van der Waals surface area contributed by atoms with Gasteiger partial charge in [-0.2, -0.15) is 0 Å². The summed E-state index contributed by atoms with van der Waals surface area (Å²) in [5, 5.41) is 0. The van der Waals surface area contributed by atoms with Gasteiger partial charge in [0.2, 0.25) is 0 Å². The van der Waals surface area contributed by atoms with Crippen LogP contribution in [0.4, 0.5) is 0 Å². The fraction of sp³-hybridized carbons (Fsp3) is 0.538. The smallest absolute Gasteiger partial charge is 0.124 e. The van der Waals surface area contributed by atoms with E-state index in [4.69, 9.17) is 19.9 Å². The van der Waals surface area contributed by atoms with E-state index < -0.39 is 0 Å². The van der Waals surface area contributed by atoms with E-state index in [0.717, 1.165) is 11.3 Å². The predicted octanol–water partition coefficient (Wildman–Crippen LogP) is 1.50. The van der Waals surface area contributed by atoms with Crippen molar-refractivity contribution in [3.8, 4) is 5.75 Å². The fourth-order valence-corrected chi connectivity index (χ4v) is 1.51. The van der Waals surface area contributed by atoms with Crippen LogP contribution in [0.3, 0.4) is 0 Å². The molecule has 0 heterocycles. The quantitative estimate of drug-likeness (QED) is 0.698. The lowest BCUT2D eigenvalue weighted by Crippen LogP contribution is -2.12. The zero-order valence-corrected chi connectivity index (χ0v) is 10.6. The molecular weight excluding hydrogens is 218 g/mol. The van der Waals surface area contributed by atoms with Gasteiger partial charge in [-0.1, -0.05) is 17.7 Å². The van der Waals surface area contributed by atoms with Gasteiger partial charge >= 0.3 is 0 Å². The van der Waals surface area contributed by atoms with Crippen molar-refractivity contribution in [2.45, 2.75) is 13.5 Å². The Labute approximate surface area is 103 Å². The number of benzene rings is 1. The van der Waals surface area contributed by atoms with Gasteiger partial charge in [0.05, 0.1) is 33.5 Å². The molecule has 0 radical (unpaired) electrons. The number of aryl methyl sites for hydroxylation is 1. The third kappa shape index (κ3) is 5.17. The molecule has 1 aromatic rings. The average molecular weight is 239 g/mol. The molecular formula is C13H21NO3. The third-order valence-corrected chi connectivity index (χ3v) is 2.33. The van der Waals surface area contributed by atoms with Gasteiger partial charge in [0.25, 0.3) is 0 Å². The van der Waals surface area contributed by atoms with Gasteiger partial charge in [0.1, 0.15) is 5.75 Å². The molecule has 1 rings (SSSR count). The van der Waals surface area contributed by atoms with E-state index >= 15 is 0 Å². The van der Waals surface area contributed by atoms with Crippen molar-refractivity contribution in [1.82, 2.24) is 0 Å². The van der Waals surface area contributed by atoms with Crippen LogP contribution >= 0.6 is 0 Å². The second-order valence-corrected chi connectivity index (χ2v) is 3.77. The number of hydrogen-bond donors (Lipinski definition) is 1. The Hall–Kier alpha value is -1.10. The van der Waals surface area contributed by atoms with Crippen LogP contribution in [0.1, 0.15) is 11.1 Å². The molecule has 4 nitrogen and oxygen atoms in total. The summed E-state index contributed by atoms with van der Waals surface area (Å²) in [6.45, 7) is 4.86. The predicted molar refractivity (Wildman–Crippen MR) is 67.3 cm³/mol. The molecule has 0 bridgehead atoms. The number of methoxy groups -OCH3 is 1. The van der Waals surface area contributed by atoms with Gasteiger partial charge in [-0.25, -0.2) is 0 Å². The average Bonchev–Trinajstić information content (AvgIpc) is 2.34.